The van der Waals surface area contributed by atoms with E-state index < -0.39 is 5.97 Å². The summed E-state index contributed by atoms with van der Waals surface area (Å²) in [6, 6.07) is 3.80. The number of benzene rings is 1. The minimum Gasteiger partial charge on any atom is -0.506 e. The van der Waals surface area contributed by atoms with Gasteiger partial charge in [-0.3, -0.25) is 0 Å². The molecule has 0 aliphatic carbocycles. The molecule has 0 spiro atoms. The van der Waals surface area contributed by atoms with Crippen molar-refractivity contribution in [3.05, 3.63) is 28.6 Å². The molecule has 16 heavy (non-hydrogen) atoms. The van der Waals surface area contributed by atoms with Crippen LogP contribution in [-0.2, 0) is 11.2 Å². The number of fused-ring (bicyclic) bond motifs is 2. The lowest BCUT2D eigenvalue weighted by Gasteiger charge is -2.22. The Morgan fingerprint density at radius 3 is 3.19 bits per heavy atom. The summed E-state index contributed by atoms with van der Waals surface area (Å²) >= 11 is 1.56. The Balaban J connectivity index is 2.34. The molecular formula is C12H10O3S. The second kappa shape index (κ2) is 3.22. The first-order valence-electron chi connectivity index (χ1n) is 5.10. The van der Waals surface area contributed by atoms with E-state index >= 15 is 0 Å². The third-order valence-electron chi connectivity index (χ3n) is 2.83. The normalized spacial score (nSPS) is 19.6. The maximum absolute atomic E-state index is 11.7. The largest absolute Gasteiger partial charge is 0.506 e. The lowest BCUT2D eigenvalue weighted by molar-refractivity contribution is 0.0298. The van der Waals surface area contributed by atoms with Gasteiger partial charge in [0.15, 0.2) is 0 Å². The molecule has 1 N–H and O–H groups in total. The number of esters is 1. The van der Waals surface area contributed by atoms with Gasteiger partial charge in [0.1, 0.15) is 17.4 Å². The molecule has 0 radical (unpaired) electrons. The molecule has 0 amide bonds. The lowest BCUT2D eigenvalue weighted by Crippen LogP contribution is -2.25. The molecule has 1 aromatic heterocycles. The van der Waals surface area contributed by atoms with E-state index in [1.54, 1.807) is 11.3 Å². The summed E-state index contributed by atoms with van der Waals surface area (Å²) in [5.74, 6) is -0.356. The number of carbonyl (C=O) groups is 1. The predicted molar refractivity (Wildman–Crippen MR) is 62.1 cm³/mol. The first kappa shape index (κ1) is 9.66. The first-order chi connectivity index (χ1) is 7.66. The molecule has 2 heterocycles. The summed E-state index contributed by atoms with van der Waals surface area (Å²) in [4.78, 5) is 11.7. The molecule has 0 bridgehead atoms. The van der Waals surface area contributed by atoms with Crippen LogP contribution < -0.4 is 0 Å². The number of hydrogen-bond donors (Lipinski definition) is 1. The summed E-state index contributed by atoms with van der Waals surface area (Å²) in [5.41, 5.74) is 1.22. The molecule has 0 saturated heterocycles. The van der Waals surface area contributed by atoms with Gasteiger partial charge in [0.2, 0.25) is 0 Å². The SMILES string of the molecule is CC1Cc2cc3sccc3c(O)c2C(=O)O1. The Morgan fingerprint density at radius 2 is 2.38 bits per heavy atom. The van der Waals surface area contributed by atoms with E-state index in [-0.39, 0.29) is 11.9 Å². The van der Waals surface area contributed by atoms with Gasteiger partial charge in [-0.25, -0.2) is 4.79 Å². The quantitative estimate of drug-likeness (QED) is 0.713. The number of phenols is 1. The highest BCUT2D eigenvalue weighted by molar-refractivity contribution is 7.17. The van der Waals surface area contributed by atoms with Gasteiger partial charge in [-0.15, -0.1) is 11.3 Å². The van der Waals surface area contributed by atoms with Gasteiger partial charge >= 0.3 is 5.97 Å². The Labute approximate surface area is 96.3 Å². The molecule has 3 rings (SSSR count). The third-order valence-corrected chi connectivity index (χ3v) is 3.70. The molecular weight excluding hydrogens is 224 g/mol. The maximum Gasteiger partial charge on any atom is 0.342 e. The number of carbonyl (C=O) groups excluding carboxylic acids is 1. The van der Waals surface area contributed by atoms with Crippen LogP contribution >= 0.6 is 11.3 Å². The summed E-state index contributed by atoms with van der Waals surface area (Å²) < 4.78 is 6.14. The molecule has 1 atom stereocenters. The first-order valence-corrected chi connectivity index (χ1v) is 5.98. The van der Waals surface area contributed by atoms with Crippen LogP contribution in [0.4, 0.5) is 0 Å². The third kappa shape index (κ3) is 1.23. The van der Waals surface area contributed by atoms with Gasteiger partial charge in [0, 0.05) is 16.5 Å². The number of ether oxygens (including phenoxy) is 1. The van der Waals surface area contributed by atoms with E-state index in [0.29, 0.717) is 12.0 Å². The van der Waals surface area contributed by atoms with Crippen LogP contribution in [0.1, 0.15) is 22.8 Å². The number of cyclic esters (lactones) is 1. The average Bonchev–Trinajstić information content (AvgIpc) is 2.64. The maximum atomic E-state index is 11.7. The van der Waals surface area contributed by atoms with Crippen LogP contribution in [0.5, 0.6) is 5.75 Å². The number of thiophene rings is 1. The summed E-state index contributed by atoms with van der Waals surface area (Å²) in [6.45, 7) is 1.86. The fourth-order valence-corrected chi connectivity index (χ4v) is 2.98. The molecule has 1 aliphatic rings. The second-order valence-corrected chi connectivity index (χ2v) is 4.96. The Hall–Kier alpha value is -1.55. The van der Waals surface area contributed by atoms with E-state index in [2.05, 4.69) is 0 Å². The van der Waals surface area contributed by atoms with Crippen molar-refractivity contribution in [2.75, 3.05) is 0 Å². The highest BCUT2D eigenvalue weighted by Gasteiger charge is 2.28. The standard InChI is InChI=1S/C12H10O3S/c1-6-4-7-5-9-8(2-3-16-9)11(13)10(7)12(14)15-6/h2-3,5-6,13H,4H2,1H3. The number of rotatable bonds is 0. The van der Waals surface area contributed by atoms with E-state index in [1.165, 1.54) is 0 Å². The molecule has 1 unspecified atom stereocenters. The fourth-order valence-electron chi connectivity index (χ4n) is 2.13. The van der Waals surface area contributed by atoms with Crippen LogP contribution in [0.15, 0.2) is 17.5 Å². The van der Waals surface area contributed by atoms with Crippen LogP contribution in [0.2, 0.25) is 0 Å². The summed E-state index contributed by atoms with van der Waals surface area (Å²) in [7, 11) is 0. The molecule has 4 heteroatoms. The van der Waals surface area contributed by atoms with Crippen molar-refractivity contribution < 1.29 is 14.6 Å². The van der Waals surface area contributed by atoms with Gasteiger partial charge < -0.3 is 9.84 Å². The van der Waals surface area contributed by atoms with Crippen molar-refractivity contribution >= 4 is 27.4 Å². The van der Waals surface area contributed by atoms with E-state index in [4.69, 9.17) is 4.74 Å². The molecule has 1 aromatic carbocycles. The smallest absolute Gasteiger partial charge is 0.342 e. The van der Waals surface area contributed by atoms with E-state index in [0.717, 1.165) is 15.6 Å². The number of phenolic OH excluding ortho intramolecular Hbond substituents is 1. The summed E-state index contributed by atoms with van der Waals surface area (Å²) in [5, 5.41) is 12.7. The molecule has 3 nitrogen and oxygen atoms in total. The van der Waals surface area contributed by atoms with Crippen molar-refractivity contribution in [1.82, 2.24) is 0 Å². The zero-order valence-corrected chi connectivity index (χ0v) is 9.50. The molecule has 2 aromatic rings. The zero-order valence-electron chi connectivity index (χ0n) is 8.69. The Bertz CT molecular complexity index is 585. The van der Waals surface area contributed by atoms with Gasteiger partial charge in [0.05, 0.1) is 0 Å². The molecule has 1 aliphatic heterocycles. The second-order valence-electron chi connectivity index (χ2n) is 4.01. The molecule has 0 saturated carbocycles. The summed E-state index contributed by atoms with van der Waals surface area (Å²) in [6.07, 6.45) is 0.555. The fraction of sp³-hybridized carbons (Fsp3) is 0.250. The predicted octanol–water partition coefficient (Wildman–Crippen LogP) is 2.71. The minimum absolute atomic E-state index is 0.0608. The molecule has 82 valence electrons. The number of aromatic hydroxyl groups is 1. The zero-order chi connectivity index (χ0) is 11.3. The number of hydrogen-bond acceptors (Lipinski definition) is 4. The van der Waals surface area contributed by atoms with Crippen LogP contribution in [-0.4, -0.2) is 17.2 Å². The van der Waals surface area contributed by atoms with E-state index in [1.807, 2.05) is 24.4 Å². The van der Waals surface area contributed by atoms with Crippen LogP contribution in [0.25, 0.3) is 10.1 Å². The van der Waals surface area contributed by atoms with Gasteiger partial charge in [-0.1, -0.05) is 0 Å². The van der Waals surface area contributed by atoms with Gasteiger partial charge in [-0.05, 0) is 30.0 Å². The van der Waals surface area contributed by atoms with Crippen LogP contribution in [0, 0.1) is 0 Å². The molecule has 0 fully saturated rings. The van der Waals surface area contributed by atoms with Gasteiger partial charge in [0.25, 0.3) is 0 Å². The van der Waals surface area contributed by atoms with Gasteiger partial charge in [-0.2, -0.15) is 0 Å². The van der Waals surface area contributed by atoms with Crippen molar-refractivity contribution in [3.8, 4) is 5.75 Å². The lowest BCUT2D eigenvalue weighted by atomic mass is 9.97. The highest BCUT2D eigenvalue weighted by Crippen LogP contribution is 2.37. The monoisotopic (exact) mass is 234 g/mol. The van der Waals surface area contributed by atoms with Crippen molar-refractivity contribution in [1.29, 1.82) is 0 Å². The Morgan fingerprint density at radius 1 is 1.56 bits per heavy atom. The average molecular weight is 234 g/mol. The van der Waals surface area contributed by atoms with Crippen molar-refractivity contribution in [2.45, 2.75) is 19.4 Å². The van der Waals surface area contributed by atoms with E-state index in [9.17, 15) is 9.90 Å². The van der Waals surface area contributed by atoms with Crippen LogP contribution in [0.3, 0.4) is 0 Å². The Kier molecular flexibility index (Phi) is 1.94. The van der Waals surface area contributed by atoms with Crippen molar-refractivity contribution in [3.63, 3.8) is 0 Å². The minimum atomic E-state index is -0.417. The van der Waals surface area contributed by atoms with Crippen molar-refractivity contribution in [2.24, 2.45) is 0 Å². The highest BCUT2D eigenvalue weighted by atomic mass is 32.1. The topological polar surface area (TPSA) is 46.5 Å².